The number of nitrogens with one attached hydrogen (secondary N) is 1. The number of aliphatic hydroxyl groups is 1. The van der Waals surface area contributed by atoms with Gasteiger partial charge in [0.15, 0.2) is 5.01 Å². The fraction of sp³-hybridized carbons (Fsp3) is 0.591. The summed E-state index contributed by atoms with van der Waals surface area (Å²) in [5, 5.41) is 13.3. The molecule has 1 saturated carbocycles. The van der Waals surface area contributed by atoms with Crippen LogP contribution in [-0.4, -0.2) is 75.5 Å². The molecule has 1 aromatic heterocycles. The molecule has 32 heavy (non-hydrogen) atoms. The quantitative estimate of drug-likeness (QED) is 0.632. The highest BCUT2D eigenvalue weighted by atomic mass is 35.5. The van der Waals surface area contributed by atoms with E-state index >= 15 is 0 Å². The van der Waals surface area contributed by atoms with Crippen LogP contribution in [0.2, 0.25) is 0 Å². The van der Waals surface area contributed by atoms with Crippen LogP contribution in [0.3, 0.4) is 0 Å². The molecule has 10 heteroatoms. The number of amides is 2. The molecule has 2 amide bonds. The number of ether oxygens (including phenoxy) is 1. The number of nitrogens with zero attached hydrogens (tertiary/aromatic N) is 3. The van der Waals surface area contributed by atoms with Gasteiger partial charge in [-0.05, 0) is 30.7 Å². The first-order valence-electron chi connectivity index (χ1n) is 11.0. The van der Waals surface area contributed by atoms with Crippen molar-refractivity contribution in [3.63, 3.8) is 0 Å². The number of alkyl halides is 1. The molecule has 0 bridgehead atoms. The predicted octanol–water partition coefficient (Wildman–Crippen LogP) is 1.98. The Morgan fingerprint density at radius 1 is 1.34 bits per heavy atom. The van der Waals surface area contributed by atoms with E-state index in [2.05, 4.69) is 21.2 Å². The Kier molecular flexibility index (Phi) is 6.18. The highest BCUT2D eigenvalue weighted by Crippen LogP contribution is 2.35. The Morgan fingerprint density at radius 2 is 2.16 bits per heavy atom. The van der Waals surface area contributed by atoms with Crippen LogP contribution in [0, 0.1) is 5.92 Å². The summed E-state index contributed by atoms with van der Waals surface area (Å²) in [6.45, 7) is 0.463. The number of hydrogen-bond acceptors (Lipinski definition) is 7. The molecule has 3 fully saturated rings. The van der Waals surface area contributed by atoms with Gasteiger partial charge in [0.2, 0.25) is 5.91 Å². The molecule has 4 heterocycles. The van der Waals surface area contributed by atoms with Gasteiger partial charge in [-0.15, -0.1) is 22.9 Å². The van der Waals surface area contributed by atoms with E-state index in [9.17, 15) is 14.7 Å². The van der Waals surface area contributed by atoms with Crippen molar-refractivity contribution in [2.24, 2.45) is 10.9 Å². The van der Waals surface area contributed by atoms with Crippen molar-refractivity contribution >= 4 is 46.3 Å². The summed E-state index contributed by atoms with van der Waals surface area (Å²) >= 11 is 7.66. The number of aliphatic imine (C=N–C) groups is 1. The maximum Gasteiger partial charge on any atom is 0.280 e. The first-order valence-corrected chi connectivity index (χ1v) is 12.3. The zero-order valence-electron chi connectivity index (χ0n) is 17.4. The molecule has 4 aliphatic rings. The van der Waals surface area contributed by atoms with Crippen molar-refractivity contribution in [3.05, 3.63) is 28.2 Å². The highest BCUT2D eigenvalue weighted by Gasteiger charge is 2.53. The summed E-state index contributed by atoms with van der Waals surface area (Å²) in [5.74, 6) is 2.22. The highest BCUT2D eigenvalue weighted by molar-refractivity contribution is 7.14. The van der Waals surface area contributed by atoms with Crippen molar-refractivity contribution in [1.29, 1.82) is 0 Å². The van der Waals surface area contributed by atoms with Crippen molar-refractivity contribution in [3.8, 4) is 0 Å². The molecule has 3 aliphatic heterocycles. The second kappa shape index (κ2) is 9.08. The molecule has 0 aromatic carbocycles. The summed E-state index contributed by atoms with van der Waals surface area (Å²) in [7, 11) is 0. The number of carbonyl (C=O) groups excluding carboxylic acids is 2. The molecule has 8 nitrogen and oxygen atoms in total. The van der Waals surface area contributed by atoms with Crippen molar-refractivity contribution in [2.45, 2.75) is 61.8 Å². The average Bonchev–Trinajstić information content (AvgIpc) is 3.59. The first kappa shape index (κ1) is 21.8. The van der Waals surface area contributed by atoms with Crippen LogP contribution >= 0.6 is 22.9 Å². The molecule has 2 N–H and O–H groups in total. The summed E-state index contributed by atoms with van der Waals surface area (Å²) in [6.07, 6.45) is 8.92. The van der Waals surface area contributed by atoms with Gasteiger partial charge in [0.1, 0.15) is 12.1 Å². The van der Waals surface area contributed by atoms with E-state index < -0.39 is 18.2 Å². The molecular weight excluding hydrogens is 452 g/mol. The molecule has 2 saturated heterocycles. The number of thiazole rings is 1. The summed E-state index contributed by atoms with van der Waals surface area (Å²) in [6, 6.07) is -1.16. The standard InChI is InChI=1S/C22H25ClN4O4S/c23-13-10-27(18-15(28)11-31-19(13)18)22(30)17(12-5-2-1-3-6-12)26-20(29)21-25-9-16(32-21)14-7-4-8-24-14/h4,7,9,12-13,15,17-19,28H,1-3,5-6,10-11H2,(H,26,29)/t13-,15-,17-,18+,19+/m0/s1. The van der Waals surface area contributed by atoms with E-state index in [1.165, 1.54) is 11.3 Å². The van der Waals surface area contributed by atoms with E-state index in [-0.39, 0.29) is 40.8 Å². The van der Waals surface area contributed by atoms with Crippen LogP contribution < -0.4 is 5.32 Å². The number of aliphatic hydroxyl groups excluding tert-OH is 1. The molecule has 0 radical (unpaired) electrons. The minimum absolute atomic E-state index is 0.0401. The summed E-state index contributed by atoms with van der Waals surface area (Å²) in [4.78, 5) is 37.6. The van der Waals surface area contributed by atoms with Crippen molar-refractivity contribution < 1.29 is 19.4 Å². The van der Waals surface area contributed by atoms with Gasteiger partial charge in [0.05, 0.1) is 34.7 Å². The molecule has 0 unspecified atom stereocenters. The predicted molar refractivity (Wildman–Crippen MR) is 121 cm³/mol. The van der Waals surface area contributed by atoms with Gasteiger partial charge in [-0.3, -0.25) is 9.59 Å². The van der Waals surface area contributed by atoms with Gasteiger partial charge < -0.3 is 20.1 Å². The maximum absolute atomic E-state index is 13.7. The molecule has 5 atom stereocenters. The maximum atomic E-state index is 13.7. The molecular formula is C22H25ClN4O4S. The Morgan fingerprint density at radius 3 is 2.91 bits per heavy atom. The Balaban J connectivity index is 1.36. The third-order valence-corrected chi connectivity index (χ3v) is 8.09. The lowest BCUT2D eigenvalue weighted by atomic mass is 9.83. The van der Waals surface area contributed by atoms with E-state index in [0.717, 1.165) is 37.0 Å². The van der Waals surface area contributed by atoms with E-state index in [0.29, 0.717) is 12.2 Å². The Labute approximate surface area is 195 Å². The topological polar surface area (TPSA) is 104 Å². The zero-order chi connectivity index (χ0) is 22.2. The van der Waals surface area contributed by atoms with Crippen LogP contribution in [0.15, 0.2) is 23.3 Å². The first-order chi connectivity index (χ1) is 15.5. The normalized spacial score (nSPS) is 30.4. The fourth-order valence-electron chi connectivity index (χ4n) is 5.11. The lowest BCUT2D eigenvalue weighted by molar-refractivity contribution is -0.137. The minimum atomic E-state index is -0.772. The van der Waals surface area contributed by atoms with Gasteiger partial charge in [0, 0.05) is 18.8 Å². The SMILES string of the molecule is O=C(N[C@H](C(=O)N1C[C@H](Cl)[C@H]2OC[C@H](O)[C@H]21)C1CCCCC1)c1ncc(C2=CC=C=N2)s1. The smallest absolute Gasteiger partial charge is 0.280 e. The van der Waals surface area contributed by atoms with Crippen LogP contribution in [0.5, 0.6) is 0 Å². The van der Waals surface area contributed by atoms with Gasteiger partial charge in [-0.25, -0.2) is 9.98 Å². The minimum Gasteiger partial charge on any atom is -0.388 e. The number of allylic oxidation sites excluding steroid dienone is 2. The lowest BCUT2D eigenvalue weighted by Crippen LogP contribution is -2.56. The number of carbonyl (C=O) groups is 2. The van der Waals surface area contributed by atoms with E-state index in [1.54, 1.807) is 17.2 Å². The molecule has 5 rings (SSSR count). The number of hydrogen-bond donors (Lipinski definition) is 2. The van der Waals surface area contributed by atoms with Crippen molar-refractivity contribution in [2.75, 3.05) is 13.2 Å². The van der Waals surface area contributed by atoms with Crippen molar-refractivity contribution in [1.82, 2.24) is 15.2 Å². The molecule has 1 aromatic rings. The summed E-state index contributed by atoms with van der Waals surface area (Å²) < 4.78 is 5.62. The zero-order valence-corrected chi connectivity index (χ0v) is 19.0. The number of fused-ring (bicyclic) bond motifs is 1. The third kappa shape index (κ3) is 4.04. The summed E-state index contributed by atoms with van der Waals surface area (Å²) in [5.41, 5.74) is 0.716. The van der Waals surface area contributed by atoms with Gasteiger partial charge >= 0.3 is 0 Å². The molecule has 0 spiro atoms. The van der Waals surface area contributed by atoms with Crippen LogP contribution in [0.4, 0.5) is 0 Å². The van der Waals surface area contributed by atoms with Gasteiger partial charge in [0.25, 0.3) is 5.91 Å². The number of rotatable bonds is 5. The van der Waals surface area contributed by atoms with E-state index in [1.807, 2.05) is 6.08 Å². The van der Waals surface area contributed by atoms with Crippen LogP contribution in [0.1, 0.15) is 46.8 Å². The largest absolute Gasteiger partial charge is 0.388 e. The number of likely N-dealkylation sites (tertiary alicyclic amines) is 1. The number of halogens is 1. The molecule has 1 aliphatic carbocycles. The Hall–Kier alpha value is -2.03. The van der Waals surface area contributed by atoms with Crippen LogP contribution in [0.25, 0.3) is 5.70 Å². The number of aromatic nitrogens is 1. The van der Waals surface area contributed by atoms with Gasteiger partial charge in [-0.2, -0.15) is 0 Å². The molecule has 170 valence electrons. The second-order valence-corrected chi connectivity index (χ2v) is 10.3. The Bertz CT molecular complexity index is 998. The second-order valence-electron chi connectivity index (χ2n) is 8.70. The van der Waals surface area contributed by atoms with Gasteiger partial charge in [-0.1, -0.05) is 19.3 Å². The van der Waals surface area contributed by atoms with Crippen LogP contribution in [-0.2, 0) is 9.53 Å². The third-order valence-electron chi connectivity index (χ3n) is 6.69. The monoisotopic (exact) mass is 476 g/mol. The van der Waals surface area contributed by atoms with E-state index in [4.69, 9.17) is 16.3 Å². The fourth-order valence-corrected chi connectivity index (χ4v) is 6.26. The average molecular weight is 477 g/mol. The lowest BCUT2D eigenvalue weighted by Gasteiger charge is -2.35.